The molecule has 1 aromatic heterocycles. The van der Waals surface area contributed by atoms with Crippen LogP contribution >= 0.6 is 11.6 Å². The number of nitrogens with zero attached hydrogens (tertiary/aromatic N) is 2. The zero-order valence-electron chi connectivity index (χ0n) is 7.12. The Balaban J connectivity index is 2.57. The van der Waals surface area contributed by atoms with Gasteiger partial charge < -0.3 is 4.74 Å². The molecule has 0 unspecified atom stereocenters. The summed E-state index contributed by atoms with van der Waals surface area (Å²) >= 11 is 5.71. The maximum absolute atomic E-state index is 5.71. The second-order valence-corrected chi connectivity index (χ2v) is 3.22. The lowest BCUT2D eigenvalue weighted by atomic mass is 10.2. The minimum atomic E-state index is 0.318. The van der Waals surface area contributed by atoms with Crippen molar-refractivity contribution in [3.8, 4) is 5.88 Å². The Labute approximate surface area is 76.7 Å². The molecule has 0 radical (unpaired) electrons. The number of hydrogen-bond donors (Lipinski definition) is 0. The van der Waals surface area contributed by atoms with Crippen molar-refractivity contribution < 1.29 is 4.74 Å². The van der Waals surface area contributed by atoms with Crippen LogP contribution in [0.1, 0.15) is 13.8 Å². The molecule has 0 saturated carbocycles. The van der Waals surface area contributed by atoms with Gasteiger partial charge in [-0.2, -0.15) is 0 Å². The van der Waals surface area contributed by atoms with Crippen molar-refractivity contribution in [2.45, 2.75) is 13.8 Å². The van der Waals surface area contributed by atoms with E-state index in [0.29, 0.717) is 23.6 Å². The third-order valence-corrected chi connectivity index (χ3v) is 1.44. The number of aromatic nitrogens is 2. The Morgan fingerprint density at radius 3 is 2.67 bits per heavy atom. The second-order valence-electron chi connectivity index (χ2n) is 2.86. The largest absolute Gasteiger partial charge is 0.475 e. The van der Waals surface area contributed by atoms with Crippen LogP contribution in [0.2, 0.25) is 5.15 Å². The van der Waals surface area contributed by atoms with Gasteiger partial charge in [0.15, 0.2) is 5.15 Å². The Morgan fingerprint density at radius 2 is 2.08 bits per heavy atom. The number of ether oxygens (including phenoxy) is 1. The number of rotatable bonds is 3. The van der Waals surface area contributed by atoms with Gasteiger partial charge in [0, 0.05) is 12.4 Å². The third-order valence-electron chi connectivity index (χ3n) is 1.18. The number of hydrogen-bond acceptors (Lipinski definition) is 3. The first kappa shape index (κ1) is 9.26. The zero-order valence-corrected chi connectivity index (χ0v) is 7.88. The lowest BCUT2D eigenvalue weighted by Crippen LogP contribution is -2.06. The molecule has 0 aliphatic heterocycles. The molecule has 1 heterocycles. The van der Waals surface area contributed by atoms with Crippen molar-refractivity contribution in [2.24, 2.45) is 5.92 Å². The summed E-state index contributed by atoms with van der Waals surface area (Å²) in [5.41, 5.74) is 0. The highest BCUT2D eigenvalue weighted by Gasteiger charge is 2.03. The molecule has 0 atom stereocenters. The van der Waals surface area contributed by atoms with E-state index in [0.717, 1.165) is 0 Å². The molecular weight excluding hydrogens is 176 g/mol. The van der Waals surface area contributed by atoms with E-state index in [1.165, 1.54) is 6.20 Å². The summed E-state index contributed by atoms with van der Waals surface area (Å²) in [5.74, 6) is 0.871. The van der Waals surface area contributed by atoms with Crippen molar-refractivity contribution in [3.05, 3.63) is 17.5 Å². The van der Waals surface area contributed by atoms with Gasteiger partial charge >= 0.3 is 0 Å². The average Bonchev–Trinajstić information content (AvgIpc) is 2.03. The first-order chi connectivity index (χ1) is 5.70. The Hall–Kier alpha value is -0.830. The summed E-state index contributed by atoms with van der Waals surface area (Å²) in [6, 6.07) is 0. The van der Waals surface area contributed by atoms with Crippen LogP contribution in [0.3, 0.4) is 0 Å². The standard InChI is InChI=1S/C8H11ClN2O/c1-6(2)5-12-8-7(9)10-3-4-11-8/h3-4,6H,5H2,1-2H3. The minimum Gasteiger partial charge on any atom is -0.475 e. The molecule has 0 aliphatic carbocycles. The molecule has 12 heavy (non-hydrogen) atoms. The van der Waals surface area contributed by atoms with E-state index in [1.54, 1.807) is 6.20 Å². The van der Waals surface area contributed by atoms with Gasteiger partial charge in [-0.25, -0.2) is 9.97 Å². The van der Waals surface area contributed by atoms with Crippen LogP contribution in [0.15, 0.2) is 12.4 Å². The molecule has 3 nitrogen and oxygen atoms in total. The van der Waals surface area contributed by atoms with Crippen molar-refractivity contribution in [3.63, 3.8) is 0 Å². The fraction of sp³-hybridized carbons (Fsp3) is 0.500. The third kappa shape index (κ3) is 2.66. The summed E-state index contributed by atoms with van der Waals surface area (Å²) in [7, 11) is 0. The van der Waals surface area contributed by atoms with Gasteiger partial charge in [-0.05, 0) is 5.92 Å². The molecule has 0 N–H and O–H groups in total. The van der Waals surface area contributed by atoms with E-state index in [4.69, 9.17) is 16.3 Å². The fourth-order valence-electron chi connectivity index (χ4n) is 0.651. The number of halogens is 1. The summed E-state index contributed by atoms with van der Waals surface area (Å²) in [6.07, 6.45) is 3.09. The second kappa shape index (κ2) is 4.26. The van der Waals surface area contributed by atoms with Gasteiger partial charge in [-0.15, -0.1) is 0 Å². The molecule has 0 aliphatic rings. The van der Waals surface area contributed by atoms with Crippen LogP contribution in [-0.4, -0.2) is 16.6 Å². The quantitative estimate of drug-likeness (QED) is 0.726. The lowest BCUT2D eigenvalue weighted by molar-refractivity contribution is 0.260. The SMILES string of the molecule is CC(C)COc1nccnc1Cl. The maximum atomic E-state index is 5.71. The van der Waals surface area contributed by atoms with E-state index in [-0.39, 0.29) is 0 Å². The Morgan fingerprint density at radius 1 is 1.42 bits per heavy atom. The fourth-order valence-corrected chi connectivity index (χ4v) is 0.810. The smallest absolute Gasteiger partial charge is 0.252 e. The van der Waals surface area contributed by atoms with Gasteiger partial charge in [0.1, 0.15) is 0 Å². The molecule has 0 spiro atoms. The van der Waals surface area contributed by atoms with Gasteiger partial charge in [0.2, 0.25) is 0 Å². The zero-order chi connectivity index (χ0) is 8.97. The van der Waals surface area contributed by atoms with Gasteiger partial charge in [-0.3, -0.25) is 0 Å². The van der Waals surface area contributed by atoms with Gasteiger partial charge in [0.05, 0.1) is 6.61 Å². The van der Waals surface area contributed by atoms with E-state index in [9.17, 15) is 0 Å². The monoisotopic (exact) mass is 186 g/mol. The van der Waals surface area contributed by atoms with Crippen LogP contribution in [0.25, 0.3) is 0 Å². The molecular formula is C8H11ClN2O. The van der Waals surface area contributed by atoms with Crippen molar-refractivity contribution in [1.82, 2.24) is 9.97 Å². The van der Waals surface area contributed by atoms with Crippen LogP contribution in [0.5, 0.6) is 5.88 Å². The topological polar surface area (TPSA) is 35.0 Å². The van der Waals surface area contributed by atoms with E-state index >= 15 is 0 Å². The summed E-state index contributed by atoms with van der Waals surface area (Å²) < 4.78 is 5.29. The predicted molar refractivity (Wildman–Crippen MR) is 47.4 cm³/mol. The highest BCUT2D eigenvalue weighted by atomic mass is 35.5. The van der Waals surface area contributed by atoms with Crippen LogP contribution in [-0.2, 0) is 0 Å². The van der Waals surface area contributed by atoms with Gasteiger partial charge in [0.25, 0.3) is 5.88 Å². The molecule has 0 amide bonds. The minimum absolute atomic E-state index is 0.318. The predicted octanol–water partition coefficient (Wildman–Crippen LogP) is 2.16. The van der Waals surface area contributed by atoms with Gasteiger partial charge in [-0.1, -0.05) is 25.4 Å². The molecule has 66 valence electrons. The Bertz CT molecular complexity index is 253. The first-order valence-electron chi connectivity index (χ1n) is 3.79. The maximum Gasteiger partial charge on any atom is 0.252 e. The highest BCUT2D eigenvalue weighted by Crippen LogP contribution is 2.17. The van der Waals surface area contributed by atoms with Crippen LogP contribution < -0.4 is 4.74 Å². The lowest BCUT2D eigenvalue weighted by Gasteiger charge is -2.07. The molecule has 0 saturated heterocycles. The van der Waals surface area contributed by atoms with Crippen LogP contribution in [0, 0.1) is 5.92 Å². The Kier molecular flexibility index (Phi) is 3.29. The molecule has 1 rings (SSSR count). The molecule has 4 heteroatoms. The van der Waals surface area contributed by atoms with Crippen LogP contribution in [0.4, 0.5) is 0 Å². The van der Waals surface area contributed by atoms with E-state index in [1.807, 2.05) is 0 Å². The summed E-state index contributed by atoms with van der Waals surface area (Å²) in [4.78, 5) is 7.77. The summed E-state index contributed by atoms with van der Waals surface area (Å²) in [6.45, 7) is 4.73. The van der Waals surface area contributed by atoms with Crippen molar-refractivity contribution >= 4 is 11.6 Å². The average molecular weight is 187 g/mol. The van der Waals surface area contributed by atoms with Crippen molar-refractivity contribution in [2.75, 3.05) is 6.61 Å². The molecule has 1 aromatic rings. The van der Waals surface area contributed by atoms with Crippen molar-refractivity contribution in [1.29, 1.82) is 0 Å². The normalized spacial score (nSPS) is 10.3. The first-order valence-corrected chi connectivity index (χ1v) is 4.17. The molecule has 0 fully saturated rings. The van der Waals surface area contributed by atoms with E-state index < -0.39 is 0 Å². The summed E-state index contributed by atoms with van der Waals surface area (Å²) in [5, 5.41) is 0.318. The highest BCUT2D eigenvalue weighted by molar-refractivity contribution is 6.30. The molecule has 0 aromatic carbocycles. The van der Waals surface area contributed by atoms with E-state index in [2.05, 4.69) is 23.8 Å². The molecule has 0 bridgehead atoms.